The molecular weight excluding hydrogens is 260 g/mol. The minimum absolute atomic E-state index is 0.309. The number of hydrogen-bond acceptors (Lipinski definition) is 5. The molecule has 1 aliphatic rings. The predicted molar refractivity (Wildman–Crippen MR) is 79.8 cm³/mol. The topological polar surface area (TPSA) is 55.6 Å². The molecule has 0 aliphatic carbocycles. The highest BCUT2D eigenvalue weighted by Crippen LogP contribution is 2.36. The number of ether oxygens (including phenoxy) is 1. The lowest BCUT2D eigenvalue weighted by molar-refractivity contribution is 0.0533. The zero-order valence-electron chi connectivity index (χ0n) is 11.8. The van der Waals surface area contributed by atoms with Crippen LogP contribution in [0.15, 0.2) is 6.07 Å². The van der Waals surface area contributed by atoms with E-state index in [1.807, 2.05) is 6.07 Å². The summed E-state index contributed by atoms with van der Waals surface area (Å²) in [6, 6.07) is 1.90. The Morgan fingerprint density at radius 2 is 2.37 bits per heavy atom. The van der Waals surface area contributed by atoms with E-state index >= 15 is 0 Å². The lowest BCUT2D eigenvalue weighted by Gasteiger charge is -2.17. The molecule has 1 aromatic rings. The second kappa shape index (κ2) is 5.82. The van der Waals surface area contributed by atoms with Crippen LogP contribution in [-0.4, -0.2) is 25.7 Å². The van der Waals surface area contributed by atoms with Crippen LogP contribution in [0.25, 0.3) is 0 Å². The summed E-state index contributed by atoms with van der Waals surface area (Å²) in [4.78, 5) is 14.6. The number of carbonyl (C=O) groups excluding carboxylic acids is 1. The third-order valence-electron chi connectivity index (χ3n) is 3.69. The molecule has 19 heavy (non-hydrogen) atoms. The van der Waals surface area contributed by atoms with Gasteiger partial charge in [0, 0.05) is 13.1 Å². The van der Waals surface area contributed by atoms with Gasteiger partial charge in [-0.3, -0.25) is 0 Å². The number of nitrogen functional groups attached to an aromatic ring is 1. The zero-order valence-corrected chi connectivity index (χ0v) is 12.6. The van der Waals surface area contributed by atoms with Crippen molar-refractivity contribution < 1.29 is 9.53 Å². The standard InChI is InChI=1S/C14H22N2O2S/c1-4-18-14(17)13-11(15)7-12(19-13)16-6-5-10(8-16)9(2)3/h7,9-10H,4-6,8,15H2,1-3H3. The summed E-state index contributed by atoms with van der Waals surface area (Å²) in [6.07, 6.45) is 1.21. The Bertz CT molecular complexity index is 456. The summed E-state index contributed by atoms with van der Waals surface area (Å²) in [5.74, 6) is 1.12. The molecule has 0 radical (unpaired) electrons. The van der Waals surface area contributed by atoms with Gasteiger partial charge in [0.2, 0.25) is 0 Å². The van der Waals surface area contributed by atoms with Crippen molar-refractivity contribution in [2.24, 2.45) is 11.8 Å². The molecule has 5 heteroatoms. The summed E-state index contributed by atoms with van der Waals surface area (Å²) < 4.78 is 5.02. The largest absolute Gasteiger partial charge is 0.462 e. The van der Waals surface area contributed by atoms with Crippen LogP contribution in [0.5, 0.6) is 0 Å². The van der Waals surface area contributed by atoms with Crippen molar-refractivity contribution in [3.63, 3.8) is 0 Å². The van der Waals surface area contributed by atoms with Crippen molar-refractivity contribution >= 4 is 28.0 Å². The van der Waals surface area contributed by atoms with Crippen LogP contribution in [0.1, 0.15) is 36.9 Å². The van der Waals surface area contributed by atoms with E-state index in [0.29, 0.717) is 23.1 Å². The third-order valence-corrected chi connectivity index (χ3v) is 4.88. The summed E-state index contributed by atoms with van der Waals surface area (Å²) in [5.41, 5.74) is 6.45. The number of nitrogens with two attached hydrogens (primary N) is 1. The van der Waals surface area contributed by atoms with Crippen molar-refractivity contribution in [3.8, 4) is 0 Å². The molecule has 1 aromatic heterocycles. The van der Waals surface area contributed by atoms with Crippen molar-refractivity contribution in [1.82, 2.24) is 0 Å². The summed E-state index contributed by atoms with van der Waals surface area (Å²) >= 11 is 1.44. The molecule has 0 bridgehead atoms. The Balaban J connectivity index is 2.10. The van der Waals surface area contributed by atoms with Crippen LogP contribution in [0.3, 0.4) is 0 Å². The van der Waals surface area contributed by atoms with E-state index in [-0.39, 0.29) is 5.97 Å². The van der Waals surface area contributed by atoms with E-state index < -0.39 is 0 Å². The summed E-state index contributed by atoms with van der Waals surface area (Å²) in [5, 5.41) is 1.09. The smallest absolute Gasteiger partial charge is 0.350 e. The highest BCUT2D eigenvalue weighted by Gasteiger charge is 2.27. The monoisotopic (exact) mass is 282 g/mol. The number of rotatable bonds is 4. The van der Waals surface area contributed by atoms with Gasteiger partial charge in [0.15, 0.2) is 0 Å². The Morgan fingerprint density at radius 3 is 2.95 bits per heavy atom. The van der Waals surface area contributed by atoms with Crippen LogP contribution in [-0.2, 0) is 4.74 Å². The fourth-order valence-electron chi connectivity index (χ4n) is 2.44. The lowest BCUT2D eigenvalue weighted by Crippen LogP contribution is -2.20. The van der Waals surface area contributed by atoms with Crippen molar-refractivity contribution in [3.05, 3.63) is 10.9 Å². The average Bonchev–Trinajstić information content (AvgIpc) is 2.95. The molecular formula is C14H22N2O2S. The minimum Gasteiger partial charge on any atom is -0.462 e. The van der Waals surface area contributed by atoms with Crippen LogP contribution >= 0.6 is 11.3 Å². The normalized spacial score (nSPS) is 19.2. The number of nitrogens with zero attached hydrogens (tertiary/aromatic N) is 1. The first-order valence-corrected chi connectivity index (χ1v) is 7.66. The summed E-state index contributed by atoms with van der Waals surface area (Å²) in [6.45, 7) is 8.81. The van der Waals surface area contributed by atoms with E-state index in [4.69, 9.17) is 10.5 Å². The number of anilines is 2. The van der Waals surface area contributed by atoms with Crippen molar-refractivity contribution in [2.75, 3.05) is 30.3 Å². The minimum atomic E-state index is -0.309. The van der Waals surface area contributed by atoms with Crippen molar-refractivity contribution in [1.29, 1.82) is 0 Å². The van der Waals surface area contributed by atoms with E-state index in [2.05, 4.69) is 18.7 Å². The molecule has 1 fully saturated rings. The van der Waals surface area contributed by atoms with Gasteiger partial charge < -0.3 is 15.4 Å². The third kappa shape index (κ3) is 3.03. The Hall–Kier alpha value is -1.23. The maximum atomic E-state index is 11.8. The maximum Gasteiger partial charge on any atom is 0.350 e. The molecule has 0 spiro atoms. The second-order valence-electron chi connectivity index (χ2n) is 5.33. The molecule has 2 N–H and O–H groups in total. The van der Waals surface area contributed by atoms with Gasteiger partial charge in [0.25, 0.3) is 0 Å². The molecule has 0 saturated carbocycles. The van der Waals surface area contributed by atoms with Gasteiger partial charge in [0.1, 0.15) is 4.88 Å². The highest BCUT2D eigenvalue weighted by molar-refractivity contribution is 7.18. The van der Waals surface area contributed by atoms with Crippen LogP contribution < -0.4 is 10.6 Å². The van der Waals surface area contributed by atoms with Crippen LogP contribution in [0.4, 0.5) is 10.7 Å². The quantitative estimate of drug-likeness (QED) is 0.863. The van der Waals surface area contributed by atoms with E-state index in [9.17, 15) is 4.79 Å². The van der Waals surface area contributed by atoms with Crippen LogP contribution in [0.2, 0.25) is 0 Å². The molecule has 1 atom stereocenters. The van der Waals surface area contributed by atoms with Crippen LogP contribution in [0, 0.1) is 11.8 Å². The average molecular weight is 282 g/mol. The Morgan fingerprint density at radius 1 is 1.63 bits per heavy atom. The fraction of sp³-hybridized carbons (Fsp3) is 0.643. The number of thiophene rings is 1. The summed E-state index contributed by atoms with van der Waals surface area (Å²) in [7, 11) is 0. The van der Waals surface area contributed by atoms with E-state index in [1.54, 1.807) is 6.92 Å². The predicted octanol–water partition coefficient (Wildman–Crippen LogP) is 2.99. The molecule has 4 nitrogen and oxygen atoms in total. The number of carbonyl (C=O) groups is 1. The first-order valence-electron chi connectivity index (χ1n) is 6.84. The Labute approximate surface area is 118 Å². The van der Waals surface area contributed by atoms with Gasteiger partial charge in [-0.1, -0.05) is 13.8 Å². The van der Waals surface area contributed by atoms with Crippen molar-refractivity contribution in [2.45, 2.75) is 27.2 Å². The molecule has 2 rings (SSSR count). The fourth-order valence-corrected chi connectivity index (χ4v) is 3.44. The molecule has 1 unspecified atom stereocenters. The first-order chi connectivity index (χ1) is 9.02. The molecule has 106 valence electrons. The maximum absolute atomic E-state index is 11.8. The second-order valence-corrected chi connectivity index (χ2v) is 6.36. The zero-order chi connectivity index (χ0) is 14.0. The molecule has 0 amide bonds. The number of esters is 1. The van der Waals surface area contributed by atoms with Gasteiger partial charge >= 0.3 is 5.97 Å². The van der Waals surface area contributed by atoms with Gasteiger partial charge in [0.05, 0.1) is 17.3 Å². The molecule has 0 aromatic carbocycles. The molecule has 1 saturated heterocycles. The number of hydrogen-bond donors (Lipinski definition) is 1. The van der Waals surface area contributed by atoms with E-state index in [0.717, 1.165) is 24.0 Å². The lowest BCUT2D eigenvalue weighted by atomic mass is 9.95. The highest BCUT2D eigenvalue weighted by atomic mass is 32.1. The van der Waals surface area contributed by atoms with Gasteiger partial charge in [-0.25, -0.2) is 4.79 Å². The first kappa shape index (κ1) is 14.2. The van der Waals surface area contributed by atoms with Gasteiger partial charge in [-0.05, 0) is 31.2 Å². The SMILES string of the molecule is CCOC(=O)c1sc(N2CCC(C(C)C)C2)cc1N. The molecule has 1 aliphatic heterocycles. The van der Waals surface area contributed by atoms with E-state index in [1.165, 1.54) is 17.8 Å². The van der Waals surface area contributed by atoms with Gasteiger partial charge in [-0.2, -0.15) is 0 Å². The van der Waals surface area contributed by atoms with Gasteiger partial charge in [-0.15, -0.1) is 11.3 Å². The molecule has 2 heterocycles. The Kier molecular flexibility index (Phi) is 4.34.